The fourth-order valence-electron chi connectivity index (χ4n) is 2.36. The smallest absolute Gasteiger partial charge is 0.119 e. The first kappa shape index (κ1) is 12.2. The maximum absolute atomic E-state index is 9.28. The van der Waals surface area contributed by atoms with Crippen molar-refractivity contribution in [3.63, 3.8) is 0 Å². The lowest BCUT2D eigenvalue weighted by atomic mass is 9.74. The van der Waals surface area contributed by atoms with Crippen LogP contribution in [0.25, 0.3) is 0 Å². The molecule has 1 aromatic carbocycles. The summed E-state index contributed by atoms with van der Waals surface area (Å²) in [5, 5.41) is 18.4. The number of nitrogens with zero attached hydrogens (tertiary/aromatic N) is 2. The van der Waals surface area contributed by atoms with Crippen molar-refractivity contribution in [1.82, 2.24) is 0 Å². The third-order valence-electron chi connectivity index (χ3n) is 3.35. The quantitative estimate of drug-likeness (QED) is 0.744. The van der Waals surface area contributed by atoms with Gasteiger partial charge in [0, 0.05) is 5.92 Å². The SMILES string of the molecule is COc1cccc([C@@H]2C=CC[C@H](C#N)C2C#N)c1. The molecule has 0 aliphatic heterocycles. The van der Waals surface area contributed by atoms with E-state index in [4.69, 9.17) is 10.00 Å². The predicted molar refractivity (Wildman–Crippen MR) is 67.7 cm³/mol. The molecule has 0 N–H and O–H groups in total. The minimum absolute atomic E-state index is 0.0245. The molecule has 0 heterocycles. The molecule has 1 aromatic rings. The summed E-state index contributed by atoms with van der Waals surface area (Å²) in [6, 6.07) is 12.2. The van der Waals surface area contributed by atoms with Crippen molar-refractivity contribution >= 4 is 0 Å². The first-order valence-electron chi connectivity index (χ1n) is 5.90. The first-order chi connectivity index (χ1) is 8.80. The van der Waals surface area contributed by atoms with Crippen molar-refractivity contribution in [2.75, 3.05) is 7.11 Å². The van der Waals surface area contributed by atoms with Crippen LogP contribution in [0.4, 0.5) is 0 Å². The zero-order valence-corrected chi connectivity index (χ0v) is 10.2. The number of ether oxygens (including phenoxy) is 1. The Hall–Kier alpha value is -2.26. The molecule has 3 atom stereocenters. The van der Waals surface area contributed by atoms with Crippen LogP contribution in [0.2, 0.25) is 0 Å². The third kappa shape index (κ3) is 2.21. The van der Waals surface area contributed by atoms with Crippen LogP contribution in [0, 0.1) is 34.5 Å². The largest absolute Gasteiger partial charge is 0.497 e. The van der Waals surface area contributed by atoms with Crippen molar-refractivity contribution in [2.45, 2.75) is 12.3 Å². The van der Waals surface area contributed by atoms with Gasteiger partial charge in [0.2, 0.25) is 0 Å². The van der Waals surface area contributed by atoms with Gasteiger partial charge in [-0.05, 0) is 24.1 Å². The van der Waals surface area contributed by atoms with E-state index < -0.39 is 0 Å². The summed E-state index contributed by atoms with van der Waals surface area (Å²) in [7, 11) is 1.62. The van der Waals surface area contributed by atoms with Gasteiger partial charge >= 0.3 is 0 Å². The molecule has 90 valence electrons. The minimum Gasteiger partial charge on any atom is -0.497 e. The second kappa shape index (κ2) is 5.38. The average Bonchev–Trinajstić information content (AvgIpc) is 2.46. The molecular formula is C15H14N2O. The van der Waals surface area contributed by atoms with Crippen LogP contribution in [0.5, 0.6) is 5.75 Å². The van der Waals surface area contributed by atoms with E-state index >= 15 is 0 Å². The van der Waals surface area contributed by atoms with Crippen molar-refractivity contribution in [3.8, 4) is 17.9 Å². The van der Waals surface area contributed by atoms with E-state index in [9.17, 15) is 5.26 Å². The topological polar surface area (TPSA) is 56.8 Å². The second-order valence-corrected chi connectivity index (χ2v) is 4.36. The van der Waals surface area contributed by atoms with E-state index in [0.717, 1.165) is 11.3 Å². The molecule has 3 heteroatoms. The summed E-state index contributed by atoms with van der Waals surface area (Å²) >= 11 is 0. The van der Waals surface area contributed by atoms with Crippen molar-refractivity contribution in [1.29, 1.82) is 10.5 Å². The predicted octanol–water partition coefficient (Wildman–Crippen LogP) is 3.02. The van der Waals surface area contributed by atoms with Gasteiger partial charge in [-0.15, -0.1) is 0 Å². The van der Waals surface area contributed by atoms with Crippen molar-refractivity contribution in [2.24, 2.45) is 11.8 Å². The molecule has 0 fully saturated rings. The van der Waals surface area contributed by atoms with E-state index in [0.29, 0.717) is 6.42 Å². The molecule has 0 aromatic heterocycles. The third-order valence-corrected chi connectivity index (χ3v) is 3.35. The number of benzene rings is 1. The molecule has 1 aliphatic carbocycles. The standard InChI is InChI=1S/C15H14N2O/c1-18-13-6-2-4-11(8-13)14-7-3-5-12(9-16)15(14)10-17/h2-4,6-8,12,14-15H,5H2,1H3/t12-,14+,15?/m1/s1. The molecule has 0 bridgehead atoms. The van der Waals surface area contributed by atoms with Crippen LogP contribution in [0.3, 0.4) is 0 Å². The molecule has 3 nitrogen and oxygen atoms in total. The van der Waals surface area contributed by atoms with Gasteiger partial charge in [-0.3, -0.25) is 0 Å². The van der Waals surface area contributed by atoms with Crippen LogP contribution in [-0.2, 0) is 0 Å². The van der Waals surface area contributed by atoms with Gasteiger partial charge in [-0.2, -0.15) is 10.5 Å². The summed E-state index contributed by atoms with van der Waals surface area (Å²) in [6.45, 7) is 0. The molecule has 2 rings (SSSR count). The Kier molecular flexibility index (Phi) is 3.65. The lowest BCUT2D eigenvalue weighted by molar-refractivity contribution is 0.410. The maximum atomic E-state index is 9.28. The molecule has 0 saturated carbocycles. The summed E-state index contributed by atoms with van der Waals surface area (Å²) in [5.41, 5.74) is 1.03. The van der Waals surface area contributed by atoms with Crippen molar-refractivity contribution in [3.05, 3.63) is 42.0 Å². The Morgan fingerprint density at radius 2 is 2.11 bits per heavy atom. The molecule has 18 heavy (non-hydrogen) atoms. The molecular weight excluding hydrogens is 224 g/mol. The van der Waals surface area contributed by atoms with Crippen molar-refractivity contribution < 1.29 is 4.74 Å². The lowest BCUT2D eigenvalue weighted by Gasteiger charge is -2.26. The molecule has 0 saturated heterocycles. The molecule has 1 unspecified atom stereocenters. The number of nitriles is 2. The van der Waals surface area contributed by atoms with Gasteiger partial charge in [0.15, 0.2) is 0 Å². The Morgan fingerprint density at radius 3 is 2.78 bits per heavy atom. The number of rotatable bonds is 2. The van der Waals surface area contributed by atoms with Gasteiger partial charge in [0.05, 0.1) is 31.1 Å². The summed E-state index contributed by atoms with van der Waals surface area (Å²) in [5.74, 6) is 0.239. The van der Waals surface area contributed by atoms with E-state index in [1.54, 1.807) is 7.11 Å². The van der Waals surface area contributed by atoms with Crippen LogP contribution in [-0.4, -0.2) is 7.11 Å². The molecule has 0 radical (unpaired) electrons. The Morgan fingerprint density at radius 1 is 1.28 bits per heavy atom. The zero-order chi connectivity index (χ0) is 13.0. The number of hydrogen-bond acceptors (Lipinski definition) is 3. The molecule has 0 amide bonds. The number of methoxy groups -OCH3 is 1. The highest BCUT2D eigenvalue weighted by molar-refractivity contribution is 5.36. The second-order valence-electron chi connectivity index (χ2n) is 4.36. The average molecular weight is 238 g/mol. The summed E-state index contributed by atoms with van der Waals surface area (Å²) < 4.78 is 5.20. The summed E-state index contributed by atoms with van der Waals surface area (Å²) in [4.78, 5) is 0. The van der Waals surface area contributed by atoms with Crippen LogP contribution < -0.4 is 4.74 Å². The zero-order valence-electron chi connectivity index (χ0n) is 10.2. The molecule has 1 aliphatic rings. The Labute approximate surface area is 107 Å². The number of hydrogen-bond donors (Lipinski definition) is 0. The summed E-state index contributed by atoms with van der Waals surface area (Å²) in [6.07, 6.45) is 4.68. The van der Waals surface area contributed by atoms with Gasteiger partial charge in [-0.25, -0.2) is 0 Å². The Balaban J connectivity index is 2.37. The first-order valence-corrected chi connectivity index (χ1v) is 5.90. The van der Waals surface area contributed by atoms with E-state index in [1.807, 2.05) is 36.4 Å². The highest BCUT2D eigenvalue weighted by Gasteiger charge is 2.31. The highest BCUT2D eigenvalue weighted by atomic mass is 16.5. The van der Waals surface area contributed by atoms with Gasteiger partial charge < -0.3 is 4.74 Å². The fourth-order valence-corrected chi connectivity index (χ4v) is 2.36. The maximum Gasteiger partial charge on any atom is 0.119 e. The Bertz CT molecular complexity index is 536. The van der Waals surface area contributed by atoms with E-state index in [2.05, 4.69) is 12.1 Å². The van der Waals surface area contributed by atoms with Crippen LogP contribution in [0.1, 0.15) is 17.9 Å². The number of allylic oxidation sites excluding steroid dienone is 2. The normalized spacial score (nSPS) is 26.1. The van der Waals surface area contributed by atoms with E-state index in [-0.39, 0.29) is 17.8 Å². The highest BCUT2D eigenvalue weighted by Crippen LogP contribution is 2.37. The minimum atomic E-state index is -0.285. The van der Waals surface area contributed by atoms with Gasteiger partial charge in [0.25, 0.3) is 0 Å². The van der Waals surface area contributed by atoms with Crippen LogP contribution in [0.15, 0.2) is 36.4 Å². The van der Waals surface area contributed by atoms with E-state index in [1.165, 1.54) is 0 Å². The molecule has 0 spiro atoms. The van der Waals surface area contributed by atoms with Gasteiger partial charge in [0.1, 0.15) is 5.75 Å². The lowest BCUT2D eigenvalue weighted by Crippen LogP contribution is -2.21. The van der Waals surface area contributed by atoms with Crippen LogP contribution >= 0.6 is 0 Å². The monoisotopic (exact) mass is 238 g/mol. The van der Waals surface area contributed by atoms with Gasteiger partial charge in [-0.1, -0.05) is 24.3 Å². The fraction of sp³-hybridized carbons (Fsp3) is 0.333.